The van der Waals surface area contributed by atoms with Crippen molar-refractivity contribution in [2.45, 2.75) is 36.9 Å². The Labute approximate surface area is 179 Å². The van der Waals surface area contributed by atoms with Gasteiger partial charge in [-0.2, -0.15) is 0 Å². The molecule has 3 heterocycles. The van der Waals surface area contributed by atoms with Crippen LogP contribution in [0.5, 0.6) is 0 Å². The zero-order valence-electron chi connectivity index (χ0n) is 16.8. The fraction of sp³-hybridized carbons (Fsp3) is 0.409. The van der Waals surface area contributed by atoms with Gasteiger partial charge in [0, 0.05) is 38.7 Å². The van der Waals surface area contributed by atoms with Gasteiger partial charge in [-0.05, 0) is 35.6 Å². The fourth-order valence-electron chi connectivity index (χ4n) is 3.98. The first-order valence-electron chi connectivity index (χ1n) is 10.1. The van der Waals surface area contributed by atoms with E-state index >= 15 is 0 Å². The third-order valence-corrected chi connectivity index (χ3v) is 6.46. The second kappa shape index (κ2) is 8.63. The molecule has 0 saturated carbocycles. The SMILES string of the molecule is CCSc1ncccc1C(=O)N1CCC2(CC1)CN(Cc1ccc(F)cc1)C(=O)O2. The average Bonchev–Trinajstić information content (AvgIpc) is 3.05. The molecule has 1 aromatic carbocycles. The molecule has 0 unspecified atom stereocenters. The topological polar surface area (TPSA) is 62.7 Å². The van der Waals surface area contributed by atoms with Crippen LogP contribution in [0.1, 0.15) is 35.7 Å². The van der Waals surface area contributed by atoms with Gasteiger partial charge in [-0.25, -0.2) is 14.2 Å². The van der Waals surface area contributed by atoms with E-state index in [2.05, 4.69) is 4.98 Å². The molecule has 0 radical (unpaired) electrons. The molecule has 2 aromatic rings. The molecule has 2 aliphatic rings. The molecule has 2 amide bonds. The minimum Gasteiger partial charge on any atom is -0.441 e. The van der Waals surface area contributed by atoms with Crippen LogP contribution in [0, 0.1) is 5.82 Å². The van der Waals surface area contributed by atoms with Crippen LogP contribution in [0.25, 0.3) is 0 Å². The van der Waals surface area contributed by atoms with Crippen molar-refractivity contribution in [2.75, 3.05) is 25.4 Å². The minimum absolute atomic E-state index is 0.0265. The number of amides is 2. The van der Waals surface area contributed by atoms with Gasteiger partial charge in [0.1, 0.15) is 16.4 Å². The van der Waals surface area contributed by atoms with Crippen molar-refractivity contribution in [1.82, 2.24) is 14.8 Å². The molecule has 158 valence electrons. The lowest BCUT2D eigenvalue weighted by Gasteiger charge is -2.37. The summed E-state index contributed by atoms with van der Waals surface area (Å²) < 4.78 is 18.9. The monoisotopic (exact) mass is 429 g/mol. The number of thioether (sulfide) groups is 1. The van der Waals surface area contributed by atoms with Crippen molar-refractivity contribution in [3.05, 3.63) is 59.5 Å². The van der Waals surface area contributed by atoms with Crippen molar-refractivity contribution in [2.24, 2.45) is 0 Å². The lowest BCUT2D eigenvalue weighted by molar-refractivity contribution is 0.00301. The summed E-state index contributed by atoms with van der Waals surface area (Å²) in [6.07, 6.45) is 2.54. The van der Waals surface area contributed by atoms with Crippen LogP contribution < -0.4 is 0 Å². The highest BCUT2D eigenvalue weighted by atomic mass is 32.2. The number of likely N-dealkylation sites (tertiary alicyclic amines) is 1. The molecule has 30 heavy (non-hydrogen) atoms. The molecule has 0 bridgehead atoms. The average molecular weight is 430 g/mol. The number of carbonyl (C=O) groups is 2. The molecule has 1 aromatic heterocycles. The highest BCUT2D eigenvalue weighted by molar-refractivity contribution is 7.99. The summed E-state index contributed by atoms with van der Waals surface area (Å²) in [5.41, 5.74) is 0.918. The van der Waals surface area contributed by atoms with Crippen LogP contribution in [-0.2, 0) is 11.3 Å². The zero-order valence-corrected chi connectivity index (χ0v) is 17.7. The molecule has 2 aliphatic heterocycles. The smallest absolute Gasteiger partial charge is 0.410 e. The van der Waals surface area contributed by atoms with Gasteiger partial charge in [-0.1, -0.05) is 19.1 Å². The third kappa shape index (κ3) is 4.28. The highest BCUT2D eigenvalue weighted by Crippen LogP contribution is 2.35. The number of nitrogens with zero attached hydrogens (tertiary/aromatic N) is 3. The van der Waals surface area contributed by atoms with Crippen LogP contribution in [0.3, 0.4) is 0 Å². The first-order valence-corrected chi connectivity index (χ1v) is 11.1. The largest absolute Gasteiger partial charge is 0.441 e. The standard InChI is InChI=1S/C22H24FN3O3S/c1-2-30-19-18(4-3-11-24-19)20(27)25-12-9-22(10-13-25)15-26(21(28)29-22)14-16-5-7-17(23)8-6-16/h3-8,11H,2,9-10,12-15H2,1H3. The number of ether oxygens (including phenoxy) is 1. The van der Waals surface area contributed by atoms with Crippen molar-refractivity contribution < 1.29 is 18.7 Å². The number of aromatic nitrogens is 1. The number of hydrogen-bond donors (Lipinski definition) is 0. The van der Waals surface area contributed by atoms with E-state index in [0.717, 1.165) is 16.3 Å². The van der Waals surface area contributed by atoms with Gasteiger partial charge < -0.3 is 9.64 Å². The van der Waals surface area contributed by atoms with Crippen LogP contribution in [0.4, 0.5) is 9.18 Å². The van der Waals surface area contributed by atoms with Gasteiger partial charge in [0.05, 0.1) is 12.1 Å². The number of rotatable bonds is 5. The summed E-state index contributed by atoms with van der Waals surface area (Å²) in [7, 11) is 0. The summed E-state index contributed by atoms with van der Waals surface area (Å²) in [6.45, 7) is 3.96. The van der Waals surface area contributed by atoms with Gasteiger partial charge in [0.2, 0.25) is 0 Å². The first-order chi connectivity index (χ1) is 14.5. The Balaban J connectivity index is 1.39. The molecule has 2 saturated heterocycles. The molecule has 8 heteroatoms. The Morgan fingerprint density at radius 1 is 1.23 bits per heavy atom. The molecular weight excluding hydrogens is 405 g/mol. The van der Waals surface area contributed by atoms with E-state index in [-0.39, 0.29) is 17.8 Å². The van der Waals surface area contributed by atoms with Crippen LogP contribution in [0.15, 0.2) is 47.6 Å². The lowest BCUT2D eigenvalue weighted by atomic mass is 9.91. The summed E-state index contributed by atoms with van der Waals surface area (Å²) in [5.74, 6) is 0.520. The molecule has 0 aliphatic carbocycles. The van der Waals surface area contributed by atoms with Crippen molar-refractivity contribution in [3.8, 4) is 0 Å². The van der Waals surface area contributed by atoms with Crippen molar-refractivity contribution >= 4 is 23.8 Å². The molecule has 2 fully saturated rings. The second-order valence-electron chi connectivity index (χ2n) is 7.61. The van der Waals surface area contributed by atoms with E-state index in [1.807, 2.05) is 17.9 Å². The van der Waals surface area contributed by atoms with Gasteiger partial charge >= 0.3 is 6.09 Å². The Bertz CT molecular complexity index is 929. The summed E-state index contributed by atoms with van der Waals surface area (Å²) >= 11 is 1.56. The summed E-state index contributed by atoms with van der Waals surface area (Å²) in [5, 5.41) is 0.753. The minimum atomic E-state index is -0.566. The molecule has 4 rings (SSSR count). The number of piperidine rings is 1. The maximum atomic E-state index is 13.1. The Morgan fingerprint density at radius 2 is 1.97 bits per heavy atom. The number of carbonyl (C=O) groups excluding carboxylic acids is 2. The van der Waals surface area contributed by atoms with E-state index in [4.69, 9.17) is 4.74 Å². The predicted octanol–water partition coefficient (Wildman–Crippen LogP) is 3.96. The van der Waals surface area contributed by atoms with E-state index in [0.29, 0.717) is 44.6 Å². The number of hydrogen-bond acceptors (Lipinski definition) is 5. The second-order valence-corrected chi connectivity index (χ2v) is 8.87. The molecular formula is C22H24FN3O3S. The summed E-state index contributed by atoms with van der Waals surface area (Å²) in [6, 6.07) is 9.73. The quantitative estimate of drug-likeness (QED) is 0.674. The van der Waals surface area contributed by atoms with Gasteiger partial charge in [0.15, 0.2) is 0 Å². The number of benzene rings is 1. The van der Waals surface area contributed by atoms with Crippen LogP contribution in [0.2, 0.25) is 0 Å². The van der Waals surface area contributed by atoms with E-state index in [9.17, 15) is 14.0 Å². The highest BCUT2D eigenvalue weighted by Gasteiger charge is 2.47. The number of halogens is 1. The van der Waals surface area contributed by atoms with E-state index in [1.165, 1.54) is 12.1 Å². The van der Waals surface area contributed by atoms with Gasteiger partial charge in [-0.15, -0.1) is 11.8 Å². The van der Waals surface area contributed by atoms with E-state index < -0.39 is 5.60 Å². The van der Waals surface area contributed by atoms with E-state index in [1.54, 1.807) is 41.1 Å². The van der Waals surface area contributed by atoms with Crippen molar-refractivity contribution in [1.29, 1.82) is 0 Å². The Kier molecular flexibility index (Phi) is 5.94. The lowest BCUT2D eigenvalue weighted by Crippen LogP contribution is -2.48. The first kappa shape index (κ1) is 20.7. The molecule has 0 N–H and O–H groups in total. The number of pyridine rings is 1. The van der Waals surface area contributed by atoms with Gasteiger partial charge in [-0.3, -0.25) is 9.69 Å². The Hall–Kier alpha value is -2.61. The zero-order chi connectivity index (χ0) is 21.1. The maximum absolute atomic E-state index is 13.1. The molecule has 1 spiro atoms. The molecule has 6 nitrogen and oxygen atoms in total. The molecule has 0 atom stereocenters. The van der Waals surface area contributed by atoms with Crippen molar-refractivity contribution in [3.63, 3.8) is 0 Å². The van der Waals surface area contributed by atoms with Gasteiger partial charge in [0.25, 0.3) is 5.91 Å². The predicted molar refractivity (Wildman–Crippen MR) is 112 cm³/mol. The third-order valence-electron chi connectivity index (χ3n) is 5.57. The van der Waals surface area contributed by atoms with Crippen LogP contribution >= 0.6 is 11.8 Å². The fourth-order valence-corrected chi connectivity index (χ4v) is 4.70. The van der Waals surface area contributed by atoms with Crippen LogP contribution in [-0.4, -0.2) is 57.8 Å². The maximum Gasteiger partial charge on any atom is 0.410 e. The normalized spacial score (nSPS) is 18.0. The summed E-state index contributed by atoms with van der Waals surface area (Å²) in [4.78, 5) is 33.2. The Morgan fingerprint density at radius 3 is 2.67 bits per heavy atom.